The summed E-state index contributed by atoms with van der Waals surface area (Å²) in [7, 11) is -3.27. The molecule has 8 heteroatoms. The Morgan fingerprint density at radius 2 is 1.88 bits per heavy atom. The Labute approximate surface area is 246 Å². The van der Waals surface area contributed by atoms with Gasteiger partial charge in [0.05, 0.1) is 11.8 Å². The molecule has 1 N–H and O–H groups in total. The molecule has 2 amide bonds. The molecular weight excluding hydrogens is 535 g/mol. The Hall–Kier alpha value is -2.29. The van der Waals surface area contributed by atoms with Crippen molar-refractivity contribution in [3.8, 4) is 0 Å². The molecule has 0 aromatic heterocycles. The second kappa shape index (κ2) is 12.9. The Balaban J connectivity index is 1.78. The van der Waals surface area contributed by atoms with E-state index in [1.54, 1.807) is 18.0 Å². The zero-order valence-corrected chi connectivity index (χ0v) is 26.8. The third-order valence-corrected chi connectivity index (χ3v) is 11.7. The first kappa shape index (κ1) is 31.6. The zero-order chi connectivity index (χ0) is 29.9. The number of rotatable bonds is 9. The number of carbonyl (C=O) groups is 2. The number of carbonyl (C=O) groups excluding carboxylic acids is 2. The van der Waals surface area contributed by atoms with Gasteiger partial charge in [-0.1, -0.05) is 43.1 Å². The number of ether oxygens (including phenoxy) is 1. The van der Waals surface area contributed by atoms with Gasteiger partial charge in [-0.15, -0.1) is 0 Å². The number of hydrogen-bond donors (Lipinski definition) is 1. The molecule has 6 nitrogen and oxygen atoms in total. The van der Waals surface area contributed by atoms with Crippen LogP contribution in [-0.4, -0.2) is 51.1 Å². The van der Waals surface area contributed by atoms with E-state index in [1.807, 2.05) is 30.0 Å². The molecule has 1 aromatic carbocycles. The summed E-state index contributed by atoms with van der Waals surface area (Å²) >= 11 is 0. The number of aliphatic hydroxyl groups excluding tert-OH is 1. The lowest BCUT2D eigenvalue weighted by Gasteiger charge is -2.31. The van der Waals surface area contributed by atoms with E-state index < -0.39 is 31.6 Å². The Morgan fingerprint density at radius 3 is 2.56 bits per heavy atom. The summed E-state index contributed by atoms with van der Waals surface area (Å²) in [5.41, 5.74) is 2.96. The first-order chi connectivity index (χ1) is 19.4. The second-order valence-corrected chi connectivity index (χ2v) is 16.8. The molecular formula is C33H49FN2O4Si. The van der Waals surface area contributed by atoms with E-state index in [-0.39, 0.29) is 24.8 Å². The third-order valence-electron chi connectivity index (χ3n) is 9.21. The Kier molecular flexibility index (Phi) is 9.97. The first-order valence-corrected chi connectivity index (χ1v) is 18.4. The normalized spacial score (nSPS) is 27.3. The van der Waals surface area contributed by atoms with Crippen molar-refractivity contribution in [1.29, 1.82) is 0 Å². The summed E-state index contributed by atoms with van der Waals surface area (Å²) in [6.45, 7) is 12.5. The van der Waals surface area contributed by atoms with Gasteiger partial charge in [0.15, 0.2) is 5.60 Å². The van der Waals surface area contributed by atoms with Gasteiger partial charge in [0.2, 0.25) is 14.3 Å². The Bertz CT molecular complexity index is 1190. The largest absolute Gasteiger partial charge is 0.396 e. The van der Waals surface area contributed by atoms with Gasteiger partial charge in [0.1, 0.15) is 0 Å². The highest BCUT2D eigenvalue weighted by atomic mass is 28.4. The first-order valence-electron chi connectivity index (χ1n) is 15.4. The van der Waals surface area contributed by atoms with Crippen LogP contribution in [0.4, 0.5) is 15.5 Å². The molecule has 2 fully saturated rings. The summed E-state index contributed by atoms with van der Waals surface area (Å²) < 4.78 is 22.6. The summed E-state index contributed by atoms with van der Waals surface area (Å²) in [4.78, 5) is 31.3. The molecule has 3 heterocycles. The molecule has 4 atom stereocenters. The smallest absolute Gasteiger partial charge is 0.264 e. The number of allylic oxidation sites excluding steroid dienone is 3. The van der Waals surface area contributed by atoms with Crippen LogP contribution in [0.1, 0.15) is 84.6 Å². The van der Waals surface area contributed by atoms with Crippen molar-refractivity contribution in [2.75, 3.05) is 29.5 Å². The molecule has 1 aromatic rings. The highest BCUT2D eigenvalue weighted by Crippen LogP contribution is 2.60. The number of aliphatic hydroxyl groups is 1. The van der Waals surface area contributed by atoms with Crippen LogP contribution in [0.3, 0.4) is 0 Å². The number of nitrogens with zero attached hydrogens (tertiary/aromatic N) is 2. The topological polar surface area (TPSA) is 70.1 Å². The van der Waals surface area contributed by atoms with Crippen molar-refractivity contribution in [2.24, 2.45) is 5.92 Å². The molecule has 0 aliphatic carbocycles. The molecule has 3 aliphatic heterocycles. The third kappa shape index (κ3) is 6.39. The van der Waals surface area contributed by atoms with Crippen LogP contribution in [0.2, 0.25) is 18.6 Å². The van der Waals surface area contributed by atoms with Gasteiger partial charge < -0.3 is 23.8 Å². The summed E-state index contributed by atoms with van der Waals surface area (Å²) in [5.74, 6) is -0.486. The molecule has 3 aliphatic rings. The molecule has 4 rings (SSSR count). The number of fused-ring (bicyclic) bond motifs is 2. The maximum absolute atomic E-state index is 15.9. The van der Waals surface area contributed by atoms with Crippen molar-refractivity contribution < 1.29 is 23.5 Å². The zero-order valence-electron chi connectivity index (χ0n) is 25.8. The number of benzene rings is 1. The van der Waals surface area contributed by atoms with Gasteiger partial charge >= 0.3 is 0 Å². The average Bonchev–Trinajstić information content (AvgIpc) is 3.31. The molecule has 0 unspecified atom stereocenters. The van der Waals surface area contributed by atoms with E-state index in [4.69, 9.17) is 4.74 Å². The van der Waals surface area contributed by atoms with Crippen molar-refractivity contribution in [1.82, 2.24) is 0 Å². The lowest BCUT2D eigenvalue weighted by Crippen LogP contribution is -2.45. The molecule has 41 heavy (non-hydrogen) atoms. The van der Waals surface area contributed by atoms with Crippen molar-refractivity contribution >= 4 is 31.6 Å². The lowest BCUT2D eigenvalue weighted by atomic mass is 9.82. The van der Waals surface area contributed by atoms with Crippen LogP contribution in [0.15, 0.2) is 41.5 Å². The van der Waals surface area contributed by atoms with Gasteiger partial charge in [0.25, 0.3) is 5.91 Å². The van der Waals surface area contributed by atoms with E-state index in [9.17, 15) is 14.7 Å². The summed E-state index contributed by atoms with van der Waals surface area (Å²) in [6.07, 6.45) is 10.4. The van der Waals surface area contributed by atoms with Gasteiger partial charge in [-0.3, -0.25) is 9.59 Å². The van der Waals surface area contributed by atoms with Crippen molar-refractivity contribution in [3.63, 3.8) is 0 Å². The summed E-state index contributed by atoms with van der Waals surface area (Å²) in [6, 6.07) is 5.84. The molecule has 2 saturated heterocycles. The minimum absolute atomic E-state index is 0.100. The van der Waals surface area contributed by atoms with Crippen LogP contribution in [0.25, 0.3) is 0 Å². The standard InChI is InChI=1S/C33H49FN2O4Si/c1-23(2)12-11-13-24(3)17-20-36-28-16-15-26(35-19-10-8-7-9-14-30(35)38)22-27(28)33(32(36)39)25(4)31(41(5,6)34)29(40-33)18-21-37/h12,15-17,22,25,29,31,37H,7-11,13-14,18-21H2,1-6H3/b24-17+/t25-,29+,31-,33+/m1/s1. The highest BCUT2D eigenvalue weighted by molar-refractivity contribution is 6.72. The number of amides is 2. The molecule has 0 radical (unpaired) electrons. The van der Waals surface area contributed by atoms with E-state index in [0.29, 0.717) is 19.5 Å². The van der Waals surface area contributed by atoms with Crippen molar-refractivity contribution in [3.05, 3.63) is 47.1 Å². The number of anilines is 2. The predicted octanol–water partition coefficient (Wildman–Crippen LogP) is 7.18. The van der Waals surface area contributed by atoms with Crippen LogP contribution in [-0.2, 0) is 19.9 Å². The number of halogens is 1. The maximum atomic E-state index is 15.9. The van der Waals surface area contributed by atoms with Crippen LogP contribution < -0.4 is 9.80 Å². The fraction of sp³-hybridized carbons (Fsp3) is 0.636. The lowest BCUT2D eigenvalue weighted by molar-refractivity contribution is -0.146. The van der Waals surface area contributed by atoms with Gasteiger partial charge in [-0.25, -0.2) is 0 Å². The molecule has 0 saturated carbocycles. The minimum atomic E-state index is -3.27. The summed E-state index contributed by atoms with van der Waals surface area (Å²) in [5, 5.41) is 9.85. The Morgan fingerprint density at radius 1 is 1.15 bits per heavy atom. The highest BCUT2D eigenvalue weighted by Gasteiger charge is 2.66. The van der Waals surface area contributed by atoms with E-state index in [2.05, 4.69) is 32.9 Å². The molecule has 0 bridgehead atoms. The maximum Gasteiger partial charge on any atom is 0.264 e. The molecule has 1 spiro atoms. The van der Waals surface area contributed by atoms with Crippen LogP contribution in [0, 0.1) is 5.92 Å². The SMILES string of the molecule is CC(C)=CCC/C(C)=C/CN1C(=O)[C@@]2(O[C@@H](CCO)[C@H]([Si](C)(C)F)[C@H]2C)c2cc(N3CCCCCCC3=O)ccc21. The van der Waals surface area contributed by atoms with Crippen LogP contribution >= 0.6 is 0 Å². The number of hydrogen-bond acceptors (Lipinski definition) is 4. The average molecular weight is 585 g/mol. The minimum Gasteiger partial charge on any atom is -0.396 e. The van der Waals surface area contributed by atoms with Gasteiger partial charge in [-0.05, 0) is 84.2 Å². The predicted molar refractivity (Wildman–Crippen MR) is 166 cm³/mol. The van der Waals surface area contributed by atoms with Crippen LogP contribution in [0.5, 0.6) is 0 Å². The fourth-order valence-corrected chi connectivity index (χ4v) is 9.69. The van der Waals surface area contributed by atoms with E-state index in [1.165, 1.54) is 11.1 Å². The monoisotopic (exact) mass is 584 g/mol. The second-order valence-electron chi connectivity index (χ2n) is 13.0. The van der Waals surface area contributed by atoms with Crippen molar-refractivity contribution in [2.45, 2.75) is 109 Å². The van der Waals surface area contributed by atoms with E-state index >= 15 is 4.11 Å². The fourth-order valence-electron chi connectivity index (χ4n) is 7.15. The van der Waals surface area contributed by atoms with E-state index in [0.717, 1.165) is 55.5 Å². The van der Waals surface area contributed by atoms with Gasteiger partial charge in [-0.2, -0.15) is 0 Å². The molecule has 226 valence electrons. The quantitative estimate of drug-likeness (QED) is 0.190. The van der Waals surface area contributed by atoms with Gasteiger partial charge in [0, 0.05) is 48.8 Å².